The Morgan fingerprint density at radius 2 is 1.12 bits per heavy atom. The quantitative estimate of drug-likeness (QED) is 0.203. The summed E-state index contributed by atoms with van der Waals surface area (Å²) in [5, 5.41) is 4.12. The molecule has 8 rings (SSSR count). The molecule has 0 fully saturated rings. The van der Waals surface area contributed by atoms with Gasteiger partial charge in [-0.1, -0.05) is 121 Å². The van der Waals surface area contributed by atoms with Crippen LogP contribution in [0.25, 0.3) is 71.6 Å². The number of para-hydroxylation sites is 2. The van der Waals surface area contributed by atoms with Crippen molar-refractivity contribution in [2.45, 2.75) is 6.92 Å². The Bertz CT molecular complexity index is 2490. The summed E-state index contributed by atoms with van der Waals surface area (Å²) in [6.45, 7) is 2.02. The molecule has 0 bridgehead atoms. The van der Waals surface area contributed by atoms with Crippen molar-refractivity contribution in [3.05, 3.63) is 157 Å². The summed E-state index contributed by atoms with van der Waals surface area (Å²) in [5.74, 6) is 0.919. The lowest BCUT2D eigenvalue weighted by Crippen LogP contribution is -1.97. The van der Waals surface area contributed by atoms with Crippen LogP contribution >= 0.6 is 0 Å². The highest BCUT2D eigenvalue weighted by atomic mass is 15.1. The van der Waals surface area contributed by atoms with Crippen molar-refractivity contribution in [1.82, 2.24) is 9.55 Å². The topological polar surface area (TPSA) is 17.8 Å². The Kier molecular flexibility index (Phi) is 4.60. The van der Waals surface area contributed by atoms with Crippen molar-refractivity contribution in [1.29, 1.82) is 0 Å². The number of benzene rings is 7. The first-order valence-electron chi connectivity index (χ1n) is 16.5. The molecule has 7 aromatic carbocycles. The van der Waals surface area contributed by atoms with Gasteiger partial charge in [0.05, 0.1) is 17.9 Å². The molecular formula is C40H28N2. The summed E-state index contributed by atoms with van der Waals surface area (Å²) in [7, 11) is 0. The Balaban J connectivity index is 1.42. The molecule has 0 N–H and O–H groups in total. The van der Waals surface area contributed by atoms with E-state index in [1.807, 2.05) is 67.6 Å². The first kappa shape index (κ1) is 19.6. The number of aryl methyl sites for hydroxylation is 1. The molecule has 198 valence electrons. The number of imidazole rings is 1. The minimum atomic E-state index is -0.398. The second kappa shape index (κ2) is 9.87. The molecule has 0 aliphatic rings. The number of hydrogen-bond acceptors (Lipinski definition) is 1. The van der Waals surface area contributed by atoms with E-state index in [1.54, 1.807) is 0 Å². The molecule has 0 aliphatic heterocycles. The van der Waals surface area contributed by atoms with E-state index in [0.717, 1.165) is 66.3 Å². The average molecular weight is 542 g/mol. The van der Waals surface area contributed by atoms with Gasteiger partial charge in [0.15, 0.2) is 0 Å². The van der Waals surface area contributed by atoms with Gasteiger partial charge in [-0.3, -0.25) is 4.57 Å². The van der Waals surface area contributed by atoms with Gasteiger partial charge in [0.1, 0.15) is 5.82 Å². The Morgan fingerprint density at radius 1 is 0.524 bits per heavy atom. The maximum absolute atomic E-state index is 8.67. The SMILES string of the molecule is [2H]c1c([2H])c([2H])c(-c2ccc3c(-c4ccc(-n5c(C)nc6ccccc65)cc4)c4ccccc4c(-c4ccccc4)c3c2)c([2H])c1[2H]. The van der Waals surface area contributed by atoms with E-state index < -0.39 is 6.04 Å². The first-order valence-corrected chi connectivity index (χ1v) is 14.0. The molecule has 0 amide bonds. The molecular weight excluding hydrogens is 508 g/mol. The standard InChI is InChI=1S/C40H28N2/c1-27-41-37-18-10-11-19-38(37)42(27)32-23-20-30(21-24-32)39-33-16-8-9-17-34(33)40(29-14-6-3-7-15-29)36-26-31(22-25-35(36)39)28-12-4-2-5-13-28/h2-26H,1H3/i2D,4D,5D,12D,13D. The summed E-state index contributed by atoms with van der Waals surface area (Å²) in [5.41, 5.74) is 8.00. The fourth-order valence-corrected chi connectivity index (χ4v) is 6.20. The molecule has 8 aromatic rings. The molecule has 0 spiro atoms. The zero-order valence-corrected chi connectivity index (χ0v) is 22.9. The third-order valence-corrected chi connectivity index (χ3v) is 8.02. The third kappa shape index (κ3) is 3.92. The summed E-state index contributed by atoms with van der Waals surface area (Å²) in [4.78, 5) is 4.75. The van der Waals surface area contributed by atoms with E-state index in [-0.39, 0.29) is 29.7 Å². The fourth-order valence-electron chi connectivity index (χ4n) is 6.20. The molecule has 1 aromatic heterocycles. The lowest BCUT2D eigenvalue weighted by molar-refractivity contribution is 1.00. The van der Waals surface area contributed by atoms with Gasteiger partial charge in [-0.05, 0) is 92.2 Å². The van der Waals surface area contributed by atoms with Gasteiger partial charge in [-0.15, -0.1) is 0 Å². The van der Waals surface area contributed by atoms with E-state index in [0.29, 0.717) is 5.56 Å². The lowest BCUT2D eigenvalue weighted by Gasteiger charge is -2.19. The van der Waals surface area contributed by atoms with Crippen molar-refractivity contribution >= 4 is 32.6 Å². The summed E-state index contributed by atoms with van der Waals surface area (Å²) >= 11 is 0. The lowest BCUT2D eigenvalue weighted by atomic mass is 9.85. The number of rotatable bonds is 4. The molecule has 2 nitrogen and oxygen atoms in total. The molecule has 0 radical (unpaired) electrons. The maximum atomic E-state index is 8.67. The third-order valence-electron chi connectivity index (χ3n) is 8.02. The van der Waals surface area contributed by atoms with Gasteiger partial charge in [-0.2, -0.15) is 0 Å². The van der Waals surface area contributed by atoms with Crippen molar-refractivity contribution in [3.8, 4) is 39.1 Å². The van der Waals surface area contributed by atoms with Crippen LogP contribution in [0, 0.1) is 6.92 Å². The summed E-state index contributed by atoms with van der Waals surface area (Å²) in [6, 6.07) is 39.7. The van der Waals surface area contributed by atoms with Crippen LogP contribution in [0.2, 0.25) is 0 Å². The number of hydrogen-bond donors (Lipinski definition) is 0. The van der Waals surface area contributed by atoms with E-state index in [2.05, 4.69) is 65.2 Å². The van der Waals surface area contributed by atoms with Crippen LogP contribution in [0.4, 0.5) is 0 Å². The highest BCUT2D eigenvalue weighted by Gasteiger charge is 2.18. The number of nitrogens with zero attached hydrogens (tertiary/aromatic N) is 2. The Morgan fingerprint density at radius 3 is 1.88 bits per heavy atom. The molecule has 42 heavy (non-hydrogen) atoms. The summed E-state index contributed by atoms with van der Waals surface area (Å²) in [6.07, 6.45) is 0. The van der Waals surface area contributed by atoms with Crippen LogP contribution in [0.15, 0.2) is 152 Å². The van der Waals surface area contributed by atoms with Crippen molar-refractivity contribution in [3.63, 3.8) is 0 Å². The minimum absolute atomic E-state index is 0.193. The smallest absolute Gasteiger partial charge is 0.111 e. The van der Waals surface area contributed by atoms with Crippen molar-refractivity contribution in [2.24, 2.45) is 0 Å². The predicted octanol–water partition coefficient (Wildman–Crippen LogP) is 10.6. The Hall–Kier alpha value is -5.47. The van der Waals surface area contributed by atoms with Gasteiger partial charge in [-0.25, -0.2) is 4.98 Å². The second-order valence-electron chi connectivity index (χ2n) is 10.5. The minimum Gasteiger partial charge on any atom is -0.297 e. The van der Waals surface area contributed by atoms with Crippen molar-refractivity contribution < 1.29 is 6.85 Å². The van der Waals surface area contributed by atoms with Crippen LogP contribution in [-0.4, -0.2) is 9.55 Å². The molecule has 0 unspecified atom stereocenters. The molecule has 0 aliphatic carbocycles. The van der Waals surface area contributed by atoms with E-state index in [1.165, 1.54) is 0 Å². The maximum Gasteiger partial charge on any atom is 0.111 e. The highest BCUT2D eigenvalue weighted by molar-refractivity contribution is 6.22. The molecule has 0 saturated carbocycles. The molecule has 2 heteroatoms. The van der Waals surface area contributed by atoms with Gasteiger partial charge in [0.25, 0.3) is 0 Å². The second-order valence-corrected chi connectivity index (χ2v) is 10.5. The molecule has 1 heterocycles. The van der Waals surface area contributed by atoms with E-state index >= 15 is 0 Å². The first-order chi connectivity index (χ1) is 22.8. The zero-order valence-electron chi connectivity index (χ0n) is 27.9. The van der Waals surface area contributed by atoms with E-state index in [4.69, 9.17) is 11.8 Å². The van der Waals surface area contributed by atoms with Crippen LogP contribution in [0.1, 0.15) is 12.7 Å². The average Bonchev–Trinajstić information content (AvgIpc) is 3.45. The van der Waals surface area contributed by atoms with Crippen LogP contribution in [-0.2, 0) is 0 Å². The van der Waals surface area contributed by atoms with Gasteiger partial charge >= 0.3 is 0 Å². The predicted molar refractivity (Wildman–Crippen MR) is 177 cm³/mol. The van der Waals surface area contributed by atoms with E-state index in [9.17, 15) is 0 Å². The van der Waals surface area contributed by atoms with Gasteiger partial charge in [0, 0.05) is 5.69 Å². The van der Waals surface area contributed by atoms with Gasteiger partial charge < -0.3 is 0 Å². The zero-order chi connectivity index (χ0) is 32.4. The molecule has 0 atom stereocenters. The van der Waals surface area contributed by atoms with Crippen molar-refractivity contribution in [2.75, 3.05) is 0 Å². The highest BCUT2D eigenvalue weighted by Crippen LogP contribution is 2.44. The fraction of sp³-hybridized carbons (Fsp3) is 0.0250. The number of aromatic nitrogens is 2. The van der Waals surface area contributed by atoms with Crippen LogP contribution < -0.4 is 0 Å². The van der Waals surface area contributed by atoms with Crippen LogP contribution in [0.5, 0.6) is 0 Å². The number of fused-ring (bicyclic) bond motifs is 3. The largest absolute Gasteiger partial charge is 0.297 e. The van der Waals surface area contributed by atoms with Gasteiger partial charge in [0.2, 0.25) is 0 Å². The monoisotopic (exact) mass is 541 g/mol. The van der Waals surface area contributed by atoms with Crippen LogP contribution in [0.3, 0.4) is 0 Å². The normalized spacial score (nSPS) is 13.1. The Labute approximate surface area is 252 Å². The summed E-state index contributed by atoms with van der Waals surface area (Å²) < 4.78 is 44.2. The molecule has 0 saturated heterocycles.